The monoisotopic (exact) mass is 464 g/mol. The number of nitrogens with one attached hydrogen (secondary N) is 1. The van der Waals surface area contributed by atoms with Crippen LogP contribution >= 0.6 is 0 Å². The summed E-state index contributed by atoms with van der Waals surface area (Å²) in [5, 5.41) is 12.9. The van der Waals surface area contributed by atoms with Gasteiger partial charge in [0, 0.05) is 12.8 Å². The van der Waals surface area contributed by atoms with Crippen molar-refractivity contribution in [2.45, 2.75) is 43.3 Å². The second kappa shape index (κ2) is 8.51. The number of carbonyl (C=O) groups excluding carboxylic acids is 1. The lowest BCUT2D eigenvalue weighted by Gasteiger charge is -2.33. The van der Waals surface area contributed by atoms with Crippen molar-refractivity contribution in [2.24, 2.45) is 10.9 Å². The number of carbonyl (C=O) groups is 1. The molecule has 1 aromatic rings. The Kier molecular flexibility index (Phi) is 6.45. The third-order valence-electron chi connectivity index (χ3n) is 5.47. The van der Waals surface area contributed by atoms with E-state index in [0.717, 1.165) is 49.4 Å². The van der Waals surface area contributed by atoms with E-state index in [2.05, 4.69) is 10.3 Å². The summed E-state index contributed by atoms with van der Waals surface area (Å²) >= 11 is 0. The molecule has 1 fully saturated rings. The number of nitrogens with zero attached hydrogens (tertiary/aromatic N) is 1. The van der Waals surface area contributed by atoms with Gasteiger partial charge in [0.05, 0.1) is 23.3 Å². The Balaban J connectivity index is 1.87. The van der Waals surface area contributed by atoms with Crippen LogP contribution in [0.2, 0.25) is 0 Å². The number of aliphatic imine (C=N–C) groups is 1. The predicted octanol–water partition coefficient (Wildman–Crippen LogP) is 3.77. The van der Waals surface area contributed by atoms with Crippen molar-refractivity contribution in [2.75, 3.05) is 19.7 Å². The summed E-state index contributed by atoms with van der Waals surface area (Å²) in [5.74, 6) is -0.639. The van der Waals surface area contributed by atoms with Gasteiger partial charge < -0.3 is 15.2 Å². The van der Waals surface area contributed by atoms with E-state index in [-0.39, 0.29) is 30.1 Å². The number of benzene rings is 1. The third-order valence-corrected chi connectivity index (χ3v) is 5.47. The summed E-state index contributed by atoms with van der Waals surface area (Å²) in [5.41, 5.74) is -4.12. The zero-order valence-electron chi connectivity index (χ0n) is 17.1. The lowest BCUT2D eigenvalue weighted by Crippen LogP contribution is -2.44. The zero-order valence-corrected chi connectivity index (χ0v) is 17.1. The second-order valence-electron chi connectivity index (χ2n) is 8.25. The molecule has 0 saturated heterocycles. The van der Waals surface area contributed by atoms with Crippen LogP contribution < -0.4 is 5.32 Å². The van der Waals surface area contributed by atoms with Gasteiger partial charge in [-0.05, 0) is 49.5 Å². The molecule has 0 radical (unpaired) electrons. The van der Waals surface area contributed by atoms with Crippen molar-refractivity contribution in [1.29, 1.82) is 0 Å². The van der Waals surface area contributed by atoms with Crippen LogP contribution in [0.1, 0.15) is 30.9 Å². The smallest absolute Gasteiger partial charge is 0.388 e. The molecule has 1 aromatic carbocycles. The van der Waals surface area contributed by atoms with Gasteiger partial charge in [-0.25, -0.2) is 0 Å². The van der Waals surface area contributed by atoms with E-state index in [9.17, 15) is 36.2 Å². The normalized spacial score (nSPS) is 23.4. The van der Waals surface area contributed by atoms with Crippen LogP contribution in [0.25, 0.3) is 0 Å². The van der Waals surface area contributed by atoms with Gasteiger partial charge in [-0.2, -0.15) is 26.3 Å². The van der Waals surface area contributed by atoms with Gasteiger partial charge in [0.25, 0.3) is 5.91 Å². The maximum Gasteiger partial charge on any atom is 0.416 e. The number of aliphatic hydroxyl groups is 1. The van der Waals surface area contributed by atoms with Crippen LogP contribution in [0.15, 0.2) is 40.9 Å². The predicted molar refractivity (Wildman–Crippen MR) is 103 cm³/mol. The summed E-state index contributed by atoms with van der Waals surface area (Å²) in [6.45, 7) is -0.540. The number of hydrogen-bond acceptors (Lipinski definition) is 4. The number of halogens is 6. The van der Waals surface area contributed by atoms with E-state index in [1.54, 1.807) is 6.92 Å². The number of ether oxygens (including phenoxy) is 1. The highest BCUT2D eigenvalue weighted by molar-refractivity contribution is 6.12. The van der Waals surface area contributed by atoms with Crippen LogP contribution in [0.5, 0.6) is 0 Å². The van der Waals surface area contributed by atoms with Gasteiger partial charge in [0.2, 0.25) is 0 Å². The number of hydrogen-bond donors (Lipinski definition) is 2. The molecule has 0 aromatic heterocycles. The Hall–Kier alpha value is -2.40. The molecule has 2 N–H and O–H groups in total. The molecule has 2 aliphatic rings. The van der Waals surface area contributed by atoms with Crippen LogP contribution in [0, 0.1) is 5.92 Å². The van der Waals surface area contributed by atoms with Gasteiger partial charge in [-0.1, -0.05) is 12.1 Å². The number of rotatable bonds is 7. The van der Waals surface area contributed by atoms with E-state index < -0.39 is 41.6 Å². The molecule has 11 heteroatoms. The van der Waals surface area contributed by atoms with Crippen LogP contribution in [0.3, 0.4) is 0 Å². The van der Waals surface area contributed by atoms with Gasteiger partial charge >= 0.3 is 12.4 Å². The summed E-state index contributed by atoms with van der Waals surface area (Å²) in [7, 11) is 0. The van der Waals surface area contributed by atoms with Crippen molar-refractivity contribution >= 4 is 12.1 Å². The minimum absolute atomic E-state index is 0.0122. The molecule has 5 nitrogen and oxygen atoms in total. The number of amides is 1. The largest absolute Gasteiger partial charge is 0.416 e. The highest BCUT2D eigenvalue weighted by Gasteiger charge is 2.42. The molecule has 176 valence electrons. The first-order valence-corrected chi connectivity index (χ1v) is 9.84. The van der Waals surface area contributed by atoms with Crippen molar-refractivity contribution in [1.82, 2.24) is 5.32 Å². The Morgan fingerprint density at radius 2 is 1.81 bits per heavy atom. The van der Waals surface area contributed by atoms with Gasteiger partial charge in [-0.3, -0.25) is 9.79 Å². The van der Waals surface area contributed by atoms with Crippen molar-refractivity contribution in [3.05, 3.63) is 47.0 Å². The van der Waals surface area contributed by atoms with Gasteiger partial charge in [-0.15, -0.1) is 0 Å². The van der Waals surface area contributed by atoms with E-state index in [1.807, 2.05) is 0 Å². The topological polar surface area (TPSA) is 70.9 Å². The van der Waals surface area contributed by atoms with Crippen LogP contribution in [-0.2, 0) is 21.3 Å². The average Bonchev–Trinajstić information content (AvgIpc) is 3.56. The molecule has 1 aliphatic carbocycles. The second-order valence-corrected chi connectivity index (χ2v) is 8.25. The molecule has 0 spiro atoms. The molecule has 2 atom stereocenters. The Bertz CT molecular complexity index is 902. The molecule has 1 saturated carbocycles. The van der Waals surface area contributed by atoms with Crippen LogP contribution in [-0.4, -0.2) is 48.7 Å². The molecular formula is C21H22F6N2O3. The standard InChI is InChI=1S/C21H22F6N2O3/c1-18(31,14-2-3-14)10-29-17(30)13-8-19(11-28-9-13,32-12-20(22,23)24)15-4-6-16(7-5-15)21(25,26)27/h4-9,14,31H,2-3,10-12H2,1H3,(H,29,30). The Labute approximate surface area is 180 Å². The van der Waals surface area contributed by atoms with Gasteiger partial charge in [0.1, 0.15) is 12.2 Å². The highest BCUT2D eigenvalue weighted by Crippen LogP contribution is 2.39. The first-order valence-electron chi connectivity index (χ1n) is 9.84. The number of dihydropyridines is 1. The molecule has 1 amide bonds. The van der Waals surface area contributed by atoms with E-state index >= 15 is 0 Å². The fraction of sp³-hybridized carbons (Fsp3) is 0.524. The minimum atomic E-state index is -4.71. The molecule has 2 unspecified atom stereocenters. The lowest BCUT2D eigenvalue weighted by molar-refractivity contribution is -0.198. The lowest BCUT2D eigenvalue weighted by atomic mass is 9.88. The third kappa shape index (κ3) is 5.89. The summed E-state index contributed by atoms with van der Waals surface area (Å²) in [6.07, 6.45) is -5.40. The molecule has 1 aliphatic heterocycles. The Morgan fingerprint density at radius 1 is 1.19 bits per heavy atom. The highest BCUT2D eigenvalue weighted by atomic mass is 19.4. The Morgan fingerprint density at radius 3 is 2.34 bits per heavy atom. The van der Waals surface area contributed by atoms with E-state index in [0.29, 0.717) is 0 Å². The van der Waals surface area contributed by atoms with Gasteiger partial charge in [0.15, 0.2) is 0 Å². The SMILES string of the molecule is CC(O)(CNC(=O)C1=CC(OCC(F)(F)F)(c2ccc(C(F)(F)F)cc2)CN=C1)C1CC1. The first-order chi connectivity index (χ1) is 14.7. The van der Waals surface area contributed by atoms with E-state index in [1.165, 1.54) is 0 Å². The molecular weight excluding hydrogens is 442 g/mol. The molecule has 3 rings (SSSR count). The fourth-order valence-corrected chi connectivity index (χ4v) is 3.45. The van der Waals surface area contributed by atoms with Crippen molar-refractivity contribution < 1.29 is 41.0 Å². The quantitative estimate of drug-likeness (QED) is 0.604. The molecule has 32 heavy (non-hydrogen) atoms. The number of alkyl halides is 6. The zero-order chi connectivity index (χ0) is 23.8. The maximum absolute atomic E-state index is 12.9. The summed E-state index contributed by atoms with van der Waals surface area (Å²) < 4.78 is 82.3. The minimum Gasteiger partial charge on any atom is -0.388 e. The molecule has 1 heterocycles. The maximum atomic E-state index is 12.9. The van der Waals surface area contributed by atoms with Crippen molar-refractivity contribution in [3.8, 4) is 0 Å². The van der Waals surface area contributed by atoms with E-state index in [4.69, 9.17) is 4.74 Å². The summed E-state index contributed by atoms with van der Waals surface area (Å²) in [6, 6.07) is 3.47. The fourth-order valence-electron chi connectivity index (χ4n) is 3.45. The average molecular weight is 464 g/mol. The van der Waals surface area contributed by atoms with Crippen molar-refractivity contribution in [3.63, 3.8) is 0 Å². The molecule has 0 bridgehead atoms. The first kappa shape index (κ1) is 24.2. The summed E-state index contributed by atoms with van der Waals surface area (Å²) in [4.78, 5) is 16.5. The van der Waals surface area contributed by atoms with Crippen LogP contribution in [0.4, 0.5) is 26.3 Å².